The van der Waals surface area contributed by atoms with Gasteiger partial charge in [-0.15, -0.1) is 0 Å². The lowest BCUT2D eigenvalue weighted by atomic mass is 10.2. The molecule has 4 heteroatoms. The molecule has 7 heavy (non-hydrogen) atoms. The molecule has 6 N–H and O–H groups in total. The topological polar surface area (TPSA) is 92.5 Å². The summed E-state index contributed by atoms with van der Waals surface area (Å²) in [7, 11) is 0. The summed E-state index contributed by atoms with van der Waals surface area (Å²) in [5, 5.41) is 16.8. The zero-order chi connectivity index (χ0) is 6.08. The van der Waals surface area contributed by atoms with E-state index in [9.17, 15) is 0 Å². The summed E-state index contributed by atoms with van der Waals surface area (Å²) in [4.78, 5) is 0. The average molecular weight is 106 g/mol. The van der Waals surface area contributed by atoms with Gasteiger partial charge in [-0.05, 0) is 6.92 Å². The van der Waals surface area contributed by atoms with Crippen molar-refractivity contribution in [3.63, 3.8) is 0 Å². The molecule has 0 aromatic carbocycles. The summed E-state index contributed by atoms with van der Waals surface area (Å²) in [6.45, 7) is 1.22. The number of nitrogens with two attached hydrogens (primary N) is 2. The Morgan fingerprint density at radius 1 is 1.71 bits per heavy atom. The highest BCUT2D eigenvalue weighted by atomic mass is 16.4. The third-order valence-corrected chi connectivity index (χ3v) is 0.599. The van der Waals surface area contributed by atoms with Crippen LogP contribution in [0.3, 0.4) is 0 Å². The largest absolute Gasteiger partial charge is 0.374 e. The lowest BCUT2D eigenvalue weighted by Crippen LogP contribution is -2.52. The molecular weight excluding hydrogens is 96.0 g/mol. The average Bonchev–Trinajstić information content (AvgIpc) is 1.31. The lowest BCUT2D eigenvalue weighted by Gasteiger charge is -2.19. The predicted molar refractivity (Wildman–Crippen MR) is 25.0 cm³/mol. The van der Waals surface area contributed by atoms with Gasteiger partial charge in [0, 0.05) is 0 Å². The van der Waals surface area contributed by atoms with Gasteiger partial charge in [-0.25, -0.2) is 0 Å². The van der Waals surface area contributed by atoms with Crippen LogP contribution in [0, 0.1) is 0 Å². The van der Waals surface area contributed by atoms with Crippen molar-refractivity contribution in [2.75, 3.05) is 0 Å². The number of hydrogen-bond donors (Lipinski definition) is 4. The number of aliphatic hydroxyl groups excluding tert-OH is 1. The van der Waals surface area contributed by atoms with E-state index >= 15 is 0 Å². The monoisotopic (exact) mass is 106 g/mol. The Hall–Kier alpha value is -0.160. The van der Waals surface area contributed by atoms with Crippen molar-refractivity contribution in [3.8, 4) is 0 Å². The van der Waals surface area contributed by atoms with Crippen LogP contribution in [0.25, 0.3) is 0 Å². The van der Waals surface area contributed by atoms with Gasteiger partial charge in [-0.1, -0.05) is 0 Å². The van der Waals surface area contributed by atoms with Crippen molar-refractivity contribution in [1.29, 1.82) is 0 Å². The van der Waals surface area contributed by atoms with E-state index < -0.39 is 12.0 Å². The fraction of sp³-hybridized carbons (Fsp3) is 1.00. The predicted octanol–water partition coefficient (Wildman–Crippen LogP) is -2.07. The highest BCUT2D eigenvalue weighted by Crippen LogP contribution is 1.91. The quantitative estimate of drug-likeness (QED) is 0.289. The zero-order valence-corrected chi connectivity index (χ0v) is 4.13. The van der Waals surface area contributed by atoms with Crippen molar-refractivity contribution in [1.82, 2.24) is 0 Å². The summed E-state index contributed by atoms with van der Waals surface area (Å²) in [6.07, 6.45) is -1.37. The van der Waals surface area contributed by atoms with Crippen molar-refractivity contribution in [2.45, 2.75) is 18.9 Å². The normalized spacial score (nSPS) is 23.6. The molecule has 0 aliphatic carbocycles. The Morgan fingerprint density at radius 3 is 1.86 bits per heavy atom. The van der Waals surface area contributed by atoms with Crippen LogP contribution in [0.15, 0.2) is 0 Å². The summed E-state index contributed by atoms with van der Waals surface area (Å²) >= 11 is 0. The Kier molecular flexibility index (Phi) is 1.71. The number of hydrogen-bond acceptors (Lipinski definition) is 4. The van der Waals surface area contributed by atoms with E-state index in [1.54, 1.807) is 0 Å². The second kappa shape index (κ2) is 1.75. The maximum atomic E-state index is 8.50. The molecular formula is C3H10N2O2. The molecule has 44 valence electrons. The van der Waals surface area contributed by atoms with Crippen molar-refractivity contribution < 1.29 is 10.2 Å². The minimum Gasteiger partial charge on any atom is -0.374 e. The zero-order valence-electron chi connectivity index (χ0n) is 4.13. The minimum absolute atomic E-state index is 1.22. The molecule has 2 unspecified atom stereocenters. The number of rotatable bonds is 1. The molecule has 0 heterocycles. The first kappa shape index (κ1) is 6.84. The molecule has 0 aliphatic heterocycles. The van der Waals surface area contributed by atoms with Gasteiger partial charge in [-0.3, -0.25) is 0 Å². The fourth-order valence-electron chi connectivity index (χ4n) is 0. The van der Waals surface area contributed by atoms with Gasteiger partial charge in [0.15, 0.2) is 0 Å². The van der Waals surface area contributed by atoms with Gasteiger partial charge < -0.3 is 21.7 Å². The van der Waals surface area contributed by atoms with E-state index in [1.165, 1.54) is 6.92 Å². The van der Waals surface area contributed by atoms with Crippen molar-refractivity contribution in [3.05, 3.63) is 0 Å². The van der Waals surface area contributed by atoms with Crippen molar-refractivity contribution >= 4 is 0 Å². The third-order valence-electron chi connectivity index (χ3n) is 0.599. The van der Waals surface area contributed by atoms with Crippen LogP contribution in [0.1, 0.15) is 6.92 Å². The molecule has 0 saturated carbocycles. The molecule has 4 nitrogen and oxygen atoms in total. The van der Waals surface area contributed by atoms with Crippen molar-refractivity contribution in [2.24, 2.45) is 11.5 Å². The molecule has 0 radical (unpaired) electrons. The van der Waals surface area contributed by atoms with Crippen LogP contribution in [-0.4, -0.2) is 22.2 Å². The van der Waals surface area contributed by atoms with Crippen LogP contribution in [0.4, 0.5) is 0 Å². The van der Waals surface area contributed by atoms with Gasteiger partial charge >= 0.3 is 0 Å². The SMILES string of the molecule is CC(N)(O)C(N)O. The molecule has 0 amide bonds. The molecule has 0 fully saturated rings. The van der Waals surface area contributed by atoms with Gasteiger partial charge in [-0.2, -0.15) is 0 Å². The lowest BCUT2D eigenvalue weighted by molar-refractivity contribution is -0.0533. The highest BCUT2D eigenvalue weighted by Gasteiger charge is 2.19. The molecule has 0 spiro atoms. The van der Waals surface area contributed by atoms with E-state index in [-0.39, 0.29) is 0 Å². The Bertz CT molecular complexity index is 56.4. The fourth-order valence-corrected chi connectivity index (χ4v) is 0. The van der Waals surface area contributed by atoms with Crippen LogP contribution >= 0.6 is 0 Å². The van der Waals surface area contributed by atoms with Gasteiger partial charge in [0.1, 0.15) is 12.0 Å². The van der Waals surface area contributed by atoms with Crippen LogP contribution in [-0.2, 0) is 0 Å². The molecule has 2 atom stereocenters. The van der Waals surface area contributed by atoms with Gasteiger partial charge in [0.25, 0.3) is 0 Å². The van der Waals surface area contributed by atoms with E-state index in [2.05, 4.69) is 0 Å². The molecule has 0 aromatic rings. The highest BCUT2D eigenvalue weighted by molar-refractivity contribution is 4.67. The smallest absolute Gasteiger partial charge is 0.150 e. The Labute approximate surface area is 41.7 Å². The van der Waals surface area contributed by atoms with Crippen LogP contribution in [0.5, 0.6) is 0 Å². The van der Waals surface area contributed by atoms with Gasteiger partial charge in [0.05, 0.1) is 0 Å². The standard InChI is InChI=1S/C3H10N2O2/c1-3(5,7)2(4)6/h2,6-7H,4-5H2,1H3. The first-order valence-corrected chi connectivity index (χ1v) is 1.89. The number of aliphatic hydroxyl groups is 2. The third kappa shape index (κ3) is 2.52. The summed E-state index contributed by atoms with van der Waals surface area (Å²) in [5.41, 5.74) is 7.94. The second-order valence-electron chi connectivity index (χ2n) is 1.67. The van der Waals surface area contributed by atoms with E-state index in [4.69, 9.17) is 21.7 Å². The summed E-state index contributed by atoms with van der Waals surface area (Å²) < 4.78 is 0. The maximum absolute atomic E-state index is 8.50. The minimum atomic E-state index is -1.67. The van der Waals surface area contributed by atoms with Crippen LogP contribution < -0.4 is 11.5 Å². The maximum Gasteiger partial charge on any atom is 0.150 e. The van der Waals surface area contributed by atoms with E-state index in [1.807, 2.05) is 0 Å². The van der Waals surface area contributed by atoms with E-state index in [0.717, 1.165) is 0 Å². The second-order valence-corrected chi connectivity index (χ2v) is 1.67. The first-order valence-electron chi connectivity index (χ1n) is 1.89. The molecule has 0 aliphatic rings. The summed E-state index contributed by atoms with van der Waals surface area (Å²) in [6, 6.07) is 0. The first-order chi connectivity index (χ1) is 2.94. The van der Waals surface area contributed by atoms with Gasteiger partial charge in [0.2, 0.25) is 0 Å². The molecule has 0 saturated heterocycles. The molecule has 0 bridgehead atoms. The van der Waals surface area contributed by atoms with Crippen LogP contribution in [0.2, 0.25) is 0 Å². The Balaban J connectivity index is 3.54. The summed E-state index contributed by atoms with van der Waals surface area (Å²) in [5.74, 6) is 0. The van der Waals surface area contributed by atoms with E-state index in [0.29, 0.717) is 0 Å². The molecule has 0 aromatic heterocycles. The molecule has 0 rings (SSSR count). The Morgan fingerprint density at radius 2 is 1.86 bits per heavy atom.